The van der Waals surface area contributed by atoms with Crippen LogP contribution in [-0.2, 0) is 0 Å². The third kappa shape index (κ3) is 2.75. The van der Waals surface area contributed by atoms with Gasteiger partial charge in [0.1, 0.15) is 5.82 Å². The molecule has 0 bridgehead atoms. The molecule has 8 heteroatoms. The van der Waals surface area contributed by atoms with Crippen molar-refractivity contribution < 1.29 is 4.79 Å². The summed E-state index contributed by atoms with van der Waals surface area (Å²) in [5, 5.41) is 0.602. The average Bonchev–Trinajstić information content (AvgIpc) is 3.46. The summed E-state index contributed by atoms with van der Waals surface area (Å²) in [6.07, 6.45) is 4.80. The summed E-state index contributed by atoms with van der Waals surface area (Å²) < 4.78 is 1.39. The molecule has 3 aromatic rings. The lowest BCUT2D eigenvalue weighted by atomic mass is 10.1. The molecule has 4 N–H and O–H groups in total. The highest BCUT2D eigenvalue weighted by molar-refractivity contribution is 6.35. The number of benzene rings is 1. The van der Waals surface area contributed by atoms with E-state index >= 15 is 0 Å². The zero-order chi connectivity index (χ0) is 18.4. The van der Waals surface area contributed by atoms with Gasteiger partial charge >= 0.3 is 0 Å². The molecule has 26 heavy (non-hydrogen) atoms. The van der Waals surface area contributed by atoms with Crippen LogP contribution in [0.1, 0.15) is 35.1 Å². The van der Waals surface area contributed by atoms with Crippen LogP contribution < -0.4 is 17.0 Å². The summed E-state index contributed by atoms with van der Waals surface area (Å²) in [5.74, 6) is 0.0694. The SMILES string of the molecule is NC(=O)c1cncc(-n2c([C@@H](N)C3CC3)nc3cccc(Cl)c3c2=O)c1. The first kappa shape index (κ1) is 16.7. The van der Waals surface area contributed by atoms with Crippen molar-refractivity contribution in [3.63, 3.8) is 0 Å². The van der Waals surface area contributed by atoms with Crippen LogP contribution in [0.3, 0.4) is 0 Å². The molecule has 2 heterocycles. The van der Waals surface area contributed by atoms with Gasteiger partial charge in [-0.25, -0.2) is 4.98 Å². The van der Waals surface area contributed by atoms with Gasteiger partial charge in [-0.1, -0.05) is 17.7 Å². The summed E-state index contributed by atoms with van der Waals surface area (Å²) in [6, 6.07) is 6.21. The molecule has 0 saturated heterocycles. The molecule has 1 fully saturated rings. The van der Waals surface area contributed by atoms with Gasteiger partial charge in [0, 0.05) is 6.20 Å². The fraction of sp³-hybridized carbons (Fsp3) is 0.222. The van der Waals surface area contributed by atoms with Gasteiger partial charge in [-0.15, -0.1) is 0 Å². The number of amides is 1. The first-order valence-electron chi connectivity index (χ1n) is 8.19. The van der Waals surface area contributed by atoms with E-state index in [-0.39, 0.29) is 17.0 Å². The fourth-order valence-electron chi connectivity index (χ4n) is 3.03. The van der Waals surface area contributed by atoms with Crippen LogP contribution >= 0.6 is 11.6 Å². The maximum atomic E-state index is 13.2. The molecule has 0 unspecified atom stereocenters. The highest BCUT2D eigenvalue weighted by atomic mass is 35.5. The number of carbonyl (C=O) groups is 1. The average molecular weight is 370 g/mol. The zero-order valence-electron chi connectivity index (χ0n) is 13.7. The number of aromatic nitrogens is 3. The lowest BCUT2D eigenvalue weighted by molar-refractivity contribution is 0.1000. The molecule has 4 rings (SSSR count). The molecule has 2 aromatic heterocycles. The minimum absolute atomic E-state index is 0.194. The lowest BCUT2D eigenvalue weighted by Crippen LogP contribution is -2.30. The molecule has 0 aliphatic heterocycles. The van der Waals surface area contributed by atoms with Gasteiger partial charge in [-0.05, 0) is 37.0 Å². The topological polar surface area (TPSA) is 117 Å². The van der Waals surface area contributed by atoms with Crippen molar-refractivity contribution in [3.05, 3.63) is 63.4 Å². The van der Waals surface area contributed by atoms with Gasteiger partial charge in [0.2, 0.25) is 5.91 Å². The predicted molar refractivity (Wildman–Crippen MR) is 98.3 cm³/mol. The smallest absolute Gasteiger partial charge is 0.267 e. The van der Waals surface area contributed by atoms with Gasteiger partial charge in [-0.2, -0.15) is 0 Å². The number of rotatable bonds is 4. The van der Waals surface area contributed by atoms with Crippen LogP contribution in [0.4, 0.5) is 0 Å². The van der Waals surface area contributed by atoms with Crippen LogP contribution in [0, 0.1) is 5.92 Å². The van der Waals surface area contributed by atoms with Crippen molar-refractivity contribution in [1.29, 1.82) is 0 Å². The van der Waals surface area contributed by atoms with Crippen LogP contribution in [-0.4, -0.2) is 20.4 Å². The van der Waals surface area contributed by atoms with E-state index in [0.29, 0.717) is 27.4 Å². The van der Waals surface area contributed by atoms with E-state index in [2.05, 4.69) is 9.97 Å². The molecule has 7 nitrogen and oxygen atoms in total. The van der Waals surface area contributed by atoms with E-state index < -0.39 is 11.9 Å². The first-order chi connectivity index (χ1) is 12.5. The third-order valence-corrected chi connectivity index (χ3v) is 4.88. The van der Waals surface area contributed by atoms with Crippen molar-refractivity contribution in [2.75, 3.05) is 0 Å². The second kappa shape index (κ2) is 6.19. The van der Waals surface area contributed by atoms with Crippen molar-refractivity contribution in [1.82, 2.24) is 14.5 Å². The van der Waals surface area contributed by atoms with Crippen LogP contribution in [0.15, 0.2) is 41.5 Å². The number of pyridine rings is 1. The second-order valence-corrected chi connectivity index (χ2v) is 6.81. The standard InChI is InChI=1S/C18H16ClN5O2/c19-12-2-1-3-13-14(12)18(26)24(17(23-13)15(20)9-4-5-9)11-6-10(16(21)25)7-22-8-11/h1-3,6-9,15H,4-5,20H2,(H2,21,25)/t15-/m0/s1. The Morgan fingerprint density at radius 1 is 1.31 bits per heavy atom. The number of hydrogen-bond acceptors (Lipinski definition) is 5. The Morgan fingerprint density at radius 2 is 2.08 bits per heavy atom. The first-order valence-corrected chi connectivity index (χ1v) is 8.57. The van der Waals surface area contributed by atoms with Gasteiger partial charge in [0.15, 0.2) is 0 Å². The normalized spacial score (nSPS) is 15.2. The van der Waals surface area contributed by atoms with E-state index in [1.54, 1.807) is 18.2 Å². The summed E-state index contributed by atoms with van der Waals surface area (Å²) >= 11 is 6.24. The summed E-state index contributed by atoms with van der Waals surface area (Å²) in [7, 11) is 0. The number of fused-ring (bicyclic) bond motifs is 1. The summed E-state index contributed by atoms with van der Waals surface area (Å²) in [6.45, 7) is 0. The Morgan fingerprint density at radius 3 is 2.77 bits per heavy atom. The highest BCUT2D eigenvalue weighted by Crippen LogP contribution is 2.39. The molecule has 0 radical (unpaired) electrons. The highest BCUT2D eigenvalue weighted by Gasteiger charge is 2.33. The van der Waals surface area contributed by atoms with E-state index in [1.165, 1.54) is 23.0 Å². The van der Waals surface area contributed by atoms with E-state index in [1.807, 2.05) is 0 Å². The minimum Gasteiger partial charge on any atom is -0.366 e. The number of primary amides is 1. The Bertz CT molecular complexity index is 1090. The predicted octanol–water partition coefficient (Wildman–Crippen LogP) is 1.94. The van der Waals surface area contributed by atoms with Gasteiger partial charge in [-0.3, -0.25) is 19.1 Å². The van der Waals surface area contributed by atoms with Crippen molar-refractivity contribution in [3.8, 4) is 5.69 Å². The number of nitrogens with zero attached hydrogens (tertiary/aromatic N) is 3. The molecular weight excluding hydrogens is 354 g/mol. The number of carbonyl (C=O) groups excluding carboxylic acids is 1. The van der Waals surface area contributed by atoms with Crippen molar-refractivity contribution in [2.24, 2.45) is 17.4 Å². The number of nitrogens with two attached hydrogens (primary N) is 2. The molecule has 0 spiro atoms. The van der Waals surface area contributed by atoms with Gasteiger partial charge < -0.3 is 11.5 Å². The number of hydrogen-bond donors (Lipinski definition) is 2. The van der Waals surface area contributed by atoms with Gasteiger partial charge in [0.25, 0.3) is 5.56 Å². The van der Waals surface area contributed by atoms with Crippen LogP contribution in [0.25, 0.3) is 16.6 Å². The third-order valence-electron chi connectivity index (χ3n) is 4.57. The number of halogens is 1. The molecule has 1 amide bonds. The van der Waals surface area contributed by atoms with Crippen LogP contribution in [0.5, 0.6) is 0 Å². The molecule has 1 aliphatic carbocycles. The molecule has 1 aromatic carbocycles. The maximum Gasteiger partial charge on any atom is 0.267 e. The Hall–Kier alpha value is -2.77. The molecule has 1 atom stereocenters. The van der Waals surface area contributed by atoms with E-state index in [9.17, 15) is 9.59 Å². The molecular formula is C18H16ClN5O2. The van der Waals surface area contributed by atoms with E-state index in [4.69, 9.17) is 23.1 Å². The van der Waals surface area contributed by atoms with Crippen LogP contribution in [0.2, 0.25) is 5.02 Å². The molecule has 132 valence electrons. The Balaban J connectivity index is 2.05. The fourth-order valence-corrected chi connectivity index (χ4v) is 3.28. The largest absolute Gasteiger partial charge is 0.366 e. The second-order valence-electron chi connectivity index (χ2n) is 6.40. The summed E-state index contributed by atoms with van der Waals surface area (Å²) in [4.78, 5) is 33.4. The lowest BCUT2D eigenvalue weighted by Gasteiger charge is -2.18. The quantitative estimate of drug-likeness (QED) is 0.728. The van der Waals surface area contributed by atoms with E-state index in [0.717, 1.165) is 12.8 Å². The molecule has 1 aliphatic rings. The monoisotopic (exact) mass is 369 g/mol. The van der Waals surface area contributed by atoms with Gasteiger partial charge in [0.05, 0.1) is 39.4 Å². The zero-order valence-corrected chi connectivity index (χ0v) is 14.5. The van der Waals surface area contributed by atoms with Crippen molar-refractivity contribution in [2.45, 2.75) is 18.9 Å². The van der Waals surface area contributed by atoms with Crippen molar-refractivity contribution >= 4 is 28.4 Å². The summed E-state index contributed by atoms with van der Waals surface area (Å²) in [5.41, 5.74) is 12.4. The Labute approximate surface area is 153 Å². The maximum absolute atomic E-state index is 13.2. The minimum atomic E-state index is -0.632. The Kier molecular flexibility index (Phi) is 3.97. The molecule has 1 saturated carbocycles.